The van der Waals surface area contributed by atoms with Crippen molar-refractivity contribution in [1.82, 2.24) is 19.2 Å². The zero-order valence-corrected chi connectivity index (χ0v) is 24.1. The molecule has 0 radical (unpaired) electrons. The van der Waals surface area contributed by atoms with Crippen LogP contribution in [0.1, 0.15) is 45.7 Å². The number of hydrogen-bond acceptors (Lipinski definition) is 6. The number of hydrogen-bond donors (Lipinski definition) is 1. The molecule has 2 aliphatic rings. The molecule has 1 fully saturated rings. The van der Waals surface area contributed by atoms with Crippen molar-refractivity contribution in [3.8, 4) is 16.9 Å². The summed E-state index contributed by atoms with van der Waals surface area (Å²) in [7, 11) is -1.97. The smallest absolute Gasteiger partial charge is 0.410 e. The third-order valence-corrected chi connectivity index (χ3v) is 9.74. The van der Waals surface area contributed by atoms with E-state index in [4.69, 9.17) is 9.47 Å². The summed E-state index contributed by atoms with van der Waals surface area (Å²) in [6.45, 7) is 6.79. The molecule has 5 rings (SSSR count). The number of H-pyrrole nitrogens is 1. The highest BCUT2D eigenvalue weighted by molar-refractivity contribution is 7.89. The van der Waals surface area contributed by atoms with E-state index in [1.54, 1.807) is 24.3 Å². The average Bonchev–Trinajstić information content (AvgIpc) is 3.37. The van der Waals surface area contributed by atoms with Gasteiger partial charge in [0.2, 0.25) is 10.0 Å². The van der Waals surface area contributed by atoms with Crippen molar-refractivity contribution in [2.24, 2.45) is 0 Å². The molecule has 0 atom stereocenters. The molecule has 0 bridgehead atoms. The lowest BCUT2D eigenvalue weighted by Crippen LogP contribution is -2.48. The fraction of sp³-hybridized carbons (Fsp3) is 0.448. The van der Waals surface area contributed by atoms with E-state index >= 15 is 0 Å². The number of halogens is 1. The van der Waals surface area contributed by atoms with Gasteiger partial charge < -0.3 is 19.4 Å². The second-order valence-corrected chi connectivity index (χ2v) is 13.4. The van der Waals surface area contributed by atoms with Crippen LogP contribution >= 0.6 is 0 Å². The van der Waals surface area contributed by atoms with Gasteiger partial charge in [0.15, 0.2) is 0 Å². The number of carbonyl (C=O) groups is 1. The minimum atomic E-state index is -3.52. The quantitative estimate of drug-likeness (QED) is 0.452. The molecule has 2 aromatic heterocycles. The van der Waals surface area contributed by atoms with Gasteiger partial charge in [-0.25, -0.2) is 22.6 Å². The molecule has 9 nitrogen and oxygen atoms in total. The van der Waals surface area contributed by atoms with Crippen LogP contribution in [0.3, 0.4) is 0 Å². The zero-order chi connectivity index (χ0) is 28.7. The second-order valence-electron chi connectivity index (χ2n) is 11.2. The fourth-order valence-corrected chi connectivity index (χ4v) is 7.18. The van der Waals surface area contributed by atoms with Crippen LogP contribution in [0.25, 0.3) is 27.7 Å². The van der Waals surface area contributed by atoms with Gasteiger partial charge in [0, 0.05) is 49.0 Å². The first-order valence-corrected chi connectivity index (χ1v) is 14.9. The molecule has 0 spiro atoms. The number of rotatable bonds is 5. The predicted molar refractivity (Wildman–Crippen MR) is 152 cm³/mol. The molecule has 0 unspecified atom stereocenters. The monoisotopic (exact) mass is 570 g/mol. The van der Waals surface area contributed by atoms with Crippen LogP contribution in [0.5, 0.6) is 5.75 Å². The van der Waals surface area contributed by atoms with Crippen molar-refractivity contribution in [1.29, 1.82) is 0 Å². The maximum atomic E-state index is 14.1. The Morgan fingerprint density at radius 3 is 2.50 bits per heavy atom. The molecule has 1 amide bonds. The van der Waals surface area contributed by atoms with Crippen molar-refractivity contribution in [2.45, 2.75) is 50.9 Å². The van der Waals surface area contributed by atoms with Crippen LogP contribution in [-0.4, -0.2) is 77.8 Å². The van der Waals surface area contributed by atoms with E-state index in [0.717, 1.165) is 22.2 Å². The van der Waals surface area contributed by atoms with E-state index in [1.807, 2.05) is 39.0 Å². The number of nitrogens with zero attached hydrogens (tertiary/aromatic N) is 3. The Morgan fingerprint density at radius 1 is 1.10 bits per heavy atom. The first kappa shape index (κ1) is 28.1. The highest BCUT2D eigenvalue weighted by Crippen LogP contribution is 2.37. The van der Waals surface area contributed by atoms with Crippen LogP contribution < -0.4 is 4.74 Å². The Kier molecular flexibility index (Phi) is 7.62. The normalized spacial score (nSPS) is 17.6. The lowest BCUT2D eigenvalue weighted by molar-refractivity contribution is 0.0216. The number of pyridine rings is 1. The van der Waals surface area contributed by atoms with E-state index in [1.165, 1.54) is 16.4 Å². The number of nitrogens with one attached hydrogen (secondary N) is 1. The van der Waals surface area contributed by atoms with Crippen LogP contribution in [0.4, 0.5) is 9.18 Å². The fourth-order valence-electron chi connectivity index (χ4n) is 5.33. The van der Waals surface area contributed by atoms with E-state index in [-0.39, 0.29) is 12.4 Å². The lowest BCUT2D eigenvalue weighted by Gasteiger charge is -2.36. The Bertz CT molecular complexity index is 1550. The van der Waals surface area contributed by atoms with Gasteiger partial charge >= 0.3 is 6.09 Å². The van der Waals surface area contributed by atoms with Crippen molar-refractivity contribution in [3.63, 3.8) is 0 Å². The van der Waals surface area contributed by atoms with Gasteiger partial charge in [0.25, 0.3) is 0 Å². The molecule has 40 heavy (non-hydrogen) atoms. The van der Waals surface area contributed by atoms with Gasteiger partial charge in [-0.2, -0.15) is 4.31 Å². The molecule has 214 valence electrons. The summed E-state index contributed by atoms with van der Waals surface area (Å²) < 4.78 is 53.3. The number of carbonyl (C=O) groups excluding carboxylic acids is 1. The minimum absolute atomic E-state index is 0.275. The van der Waals surface area contributed by atoms with E-state index in [9.17, 15) is 17.6 Å². The summed E-state index contributed by atoms with van der Waals surface area (Å²) in [4.78, 5) is 21.7. The number of ether oxygens (including phenoxy) is 2. The Balaban J connectivity index is 1.30. The first-order chi connectivity index (χ1) is 19.0. The van der Waals surface area contributed by atoms with E-state index < -0.39 is 27.0 Å². The molecule has 1 saturated heterocycles. The van der Waals surface area contributed by atoms with Crippen molar-refractivity contribution in [3.05, 3.63) is 54.1 Å². The summed E-state index contributed by atoms with van der Waals surface area (Å²) in [5.41, 5.74) is 3.35. The zero-order valence-electron chi connectivity index (χ0n) is 23.2. The van der Waals surface area contributed by atoms with Gasteiger partial charge in [-0.15, -0.1) is 0 Å². The summed E-state index contributed by atoms with van der Waals surface area (Å²) >= 11 is 0. The molecule has 0 saturated carbocycles. The maximum absolute atomic E-state index is 14.1. The number of benzene rings is 1. The molecule has 2 aliphatic heterocycles. The maximum Gasteiger partial charge on any atom is 0.410 e. The van der Waals surface area contributed by atoms with Gasteiger partial charge in [-0.1, -0.05) is 6.08 Å². The number of aromatic amines is 1. The summed E-state index contributed by atoms with van der Waals surface area (Å²) in [5, 5.41) is 0.302. The summed E-state index contributed by atoms with van der Waals surface area (Å²) in [5.74, 6) is 0.203. The molecular formula is C29H35FN4O5S. The van der Waals surface area contributed by atoms with E-state index in [2.05, 4.69) is 9.97 Å². The van der Waals surface area contributed by atoms with Crippen molar-refractivity contribution < 1.29 is 27.1 Å². The van der Waals surface area contributed by atoms with Crippen LogP contribution in [-0.2, 0) is 14.8 Å². The standard InChI is InChI=1S/C29H35FN4O5S/c1-29(2,3)39-28(35)33-13-10-21(11-14-33)40(36,37)34-15-8-19(9-16-34)25-18-24-22(7-12-31-27(24)32-25)23-17-20(30)5-6-26(23)38-4/h5-8,12,17-18,21H,9-11,13-16H2,1-4H3,(H,31,32). The number of methoxy groups -OCH3 is 1. The highest BCUT2D eigenvalue weighted by atomic mass is 32.2. The topological polar surface area (TPSA) is 105 Å². The third kappa shape index (κ3) is 5.71. The second kappa shape index (κ2) is 10.9. The molecule has 11 heteroatoms. The van der Waals surface area contributed by atoms with Crippen molar-refractivity contribution >= 4 is 32.7 Å². The number of piperidine rings is 1. The molecule has 0 aliphatic carbocycles. The van der Waals surface area contributed by atoms with E-state index in [0.29, 0.717) is 55.9 Å². The molecular weight excluding hydrogens is 535 g/mol. The van der Waals surface area contributed by atoms with Gasteiger partial charge in [0.05, 0.1) is 12.4 Å². The van der Waals surface area contributed by atoms with Gasteiger partial charge in [0.1, 0.15) is 22.8 Å². The number of fused-ring (bicyclic) bond motifs is 1. The summed E-state index contributed by atoms with van der Waals surface area (Å²) in [6.07, 6.45) is 4.51. The number of amides is 1. The van der Waals surface area contributed by atoms with Crippen molar-refractivity contribution in [2.75, 3.05) is 33.3 Å². The van der Waals surface area contributed by atoms with Crippen LogP contribution in [0.2, 0.25) is 0 Å². The molecule has 1 aromatic carbocycles. The van der Waals surface area contributed by atoms with Gasteiger partial charge in [-0.05, 0) is 81.5 Å². The molecule has 4 heterocycles. The Hall–Kier alpha value is -3.44. The molecule has 3 aromatic rings. The highest BCUT2D eigenvalue weighted by Gasteiger charge is 2.37. The Morgan fingerprint density at radius 2 is 1.85 bits per heavy atom. The average molecular weight is 571 g/mol. The predicted octanol–water partition coefficient (Wildman–Crippen LogP) is 5.20. The van der Waals surface area contributed by atoms with Crippen LogP contribution in [0.15, 0.2) is 42.6 Å². The number of likely N-dealkylation sites (tertiary alicyclic amines) is 1. The Labute approximate surface area is 234 Å². The minimum Gasteiger partial charge on any atom is -0.496 e. The third-order valence-electron chi connectivity index (χ3n) is 7.38. The van der Waals surface area contributed by atoms with Crippen LogP contribution in [0, 0.1) is 5.82 Å². The molecule has 1 N–H and O–H groups in total. The number of sulfonamides is 1. The van der Waals surface area contributed by atoms with Gasteiger partial charge in [-0.3, -0.25) is 0 Å². The number of aromatic nitrogens is 2. The lowest BCUT2D eigenvalue weighted by atomic mass is 10.0. The first-order valence-electron chi connectivity index (χ1n) is 13.4. The SMILES string of the molecule is COc1ccc(F)cc1-c1ccnc2[nH]c(C3=CCN(S(=O)(=O)C4CCN(C(=O)OC(C)(C)C)CC4)CC3)cc12. The largest absolute Gasteiger partial charge is 0.496 e. The summed E-state index contributed by atoms with van der Waals surface area (Å²) in [6, 6.07) is 8.21.